The number of ketones is 1. The normalized spacial score (nSPS) is 17.3. The molecule has 0 radical (unpaired) electrons. The van der Waals surface area contributed by atoms with Crippen LogP contribution < -0.4 is 14.4 Å². The molecule has 3 aromatic carbocycles. The summed E-state index contributed by atoms with van der Waals surface area (Å²) < 4.78 is 24.6. The molecule has 0 aromatic heterocycles. The highest BCUT2D eigenvalue weighted by Crippen LogP contribution is 2.43. The van der Waals surface area contributed by atoms with E-state index in [4.69, 9.17) is 9.47 Å². The number of benzene rings is 3. The topological polar surface area (TPSA) is 76.1 Å². The Bertz CT molecular complexity index is 1280. The number of anilines is 1. The van der Waals surface area contributed by atoms with Gasteiger partial charge in [0.05, 0.1) is 25.8 Å². The zero-order chi connectivity index (χ0) is 23.7. The van der Waals surface area contributed by atoms with Crippen molar-refractivity contribution in [2.45, 2.75) is 13.0 Å². The summed E-state index contributed by atoms with van der Waals surface area (Å²) in [4.78, 5) is 27.5. The summed E-state index contributed by atoms with van der Waals surface area (Å²) in [5, 5.41) is 11.2. The largest absolute Gasteiger partial charge is 0.507 e. The van der Waals surface area contributed by atoms with Gasteiger partial charge in [-0.05, 0) is 66.6 Å². The van der Waals surface area contributed by atoms with E-state index in [1.807, 2.05) is 0 Å². The zero-order valence-electron chi connectivity index (χ0n) is 18.3. The highest BCUT2D eigenvalue weighted by atomic mass is 19.1. The fourth-order valence-electron chi connectivity index (χ4n) is 4.03. The highest BCUT2D eigenvalue weighted by Gasteiger charge is 2.47. The van der Waals surface area contributed by atoms with Gasteiger partial charge < -0.3 is 14.6 Å². The van der Waals surface area contributed by atoms with Crippen LogP contribution in [0, 0.1) is 12.7 Å². The second-order valence-corrected chi connectivity index (χ2v) is 7.61. The van der Waals surface area contributed by atoms with Crippen LogP contribution in [0.1, 0.15) is 22.7 Å². The molecule has 1 aliphatic heterocycles. The average molecular weight is 447 g/mol. The number of nitrogens with zero attached hydrogens (tertiary/aromatic N) is 1. The van der Waals surface area contributed by atoms with Gasteiger partial charge in [0.2, 0.25) is 0 Å². The van der Waals surface area contributed by atoms with Crippen molar-refractivity contribution in [2.24, 2.45) is 0 Å². The molecule has 1 unspecified atom stereocenters. The Morgan fingerprint density at radius 1 is 0.970 bits per heavy atom. The molecule has 1 amide bonds. The minimum Gasteiger partial charge on any atom is -0.507 e. The number of ether oxygens (including phenoxy) is 2. The number of Topliss-reactive ketones (excluding diaryl/α,β-unsaturated/α-hetero) is 1. The first-order chi connectivity index (χ1) is 15.8. The van der Waals surface area contributed by atoms with E-state index in [2.05, 4.69) is 0 Å². The number of carbonyl (C=O) groups is 2. The molecule has 0 saturated carbocycles. The van der Waals surface area contributed by atoms with Gasteiger partial charge in [0.15, 0.2) is 0 Å². The number of aliphatic hydroxyl groups is 1. The molecule has 33 heavy (non-hydrogen) atoms. The molecule has 0 aliphatic carbocycles. The third kappa shape index (κ3) is 3.93. The summed E-state index contributed by atoms with van der Waals surface area (Å²) in [5.74, 6) is -1.47. The van der Waals surface area contributed by atoms with Gasteiger partial charge in [0, 0.05) is 11.3 Å². The summed E-state index contributed by atoms with van der Waals surface area (Å²) in [6.45, 7) is 1.81. The summed E-state index contributed by atoms with van der Waals surface area (Å²) in [7, 11) is 3.04. The van der Waals surface area contributed by atoms with Gasteiger partial charge in [0.25, 0.3) is 11.7 Å². The molecule has 1 heterocycles. The van der Waals surface area contributed by atoms with Crippen LogP contribution in [0.25, 0.3) is 5.76 Å². The van der Waals surface area contributed by atoms with Crippen LogP contribution in [-0.2, 0) is 9.59 Å². The van der Waals surface area contributed by atoms with Crippen molar-refractivity contribution in [2.75, 3.05) is 19.1 Å². The molecule has 1 fully saturated rings. The van der Waals surface area contributed by atoms with Gasteiger partial charge in [-0.1, -0.05) is 18.2 Å². The maximum Gasteiger partial charge on any atom is 0.300 e. The zero-order valence-corrected chi connectivity index (χ0v) is 18.3. The number of amides is 1. The monoisotopic (exact) mass is 447 g/mol. The Morgan fingerprint density at radius 3 is 2.39 bits per heavy atom. The van der Waals surface area contributed by atoms with Crippen LogP contribution in [0.5, 0.6) is 11.5 Å². The summed E-state index contributed by atoms with van der Waals surface area (Å²) in [5.41, 5.74) is 1.75. The van der Waals surface area contributed by atoms with Gasteiger partial charge in [-0.25, -0.2) is 4.39 Å². The standard InChI is InChI=1S/C26H22FNO5/c1-15-12-17(10-11-21(15)33-3)24(29)22-23(16-6-4-9-20(13-16)32-2)28(26(31)25(22)30)19-8-5-7-18(27)14-19/h4-14,23,29H,1-3H3/b24-22+. The Labute approximate surface area is 190 Å². The lowest BCUT2D eigenvalue weighted by Crippen LogP contribution is -2.29. The molecular formula is C26H22FNO5. The van der Waals surface area contributed by atoms with E-state index < -0.39 is 23.5 Å². The molecule has 6 nitrogen and oxygen atoms in total. The van der Waals surface area contributed by atoms with E-state index >= 15 is 0 Å². The predicted molar refractivity (Wildman–Crippen MR) is 122 cm³/mol. The Morgan fingerprint density at radius 2 is 1.73 bits per heavy atom. The number of aryl methyl sites for hydroxylation is 1. The van der Waals surface area contributed by atoms with Crippen LogP contribution in [0.3, 0.4) is 0 Å². The van der Waals surface area contributed by atoms with Crippen LogP contribution in [0.2, 0.25) is 0 Å². The van der Waals surface area contributed by atoms with Crippen molar-refractivity contribution < 1.29 is 28.6 Å². The molecule has 1 atom stereocenters. The van der Waals surface area contributed by atoms with E-state index in [0.717, 1.165) is 5.56 Å². The second-order valence-electron chi connectivity index (χ2n) is 7.61. The maximum absolute atomic E-state index is 14.0. The predicted octanol–water partition coefficient (Wildman–Crippen LogP) is 4.78. The van der Waals surface area contributed by atoms with Crippen LogP contribution in [0.4, 0.5) is 10.1 Å². The lowest BCUT2D eigenvalue weighted by atomic mass is 9.94. The van der Waals surface area contributed by atoms with Crippen molar-refractivity contribution in [1.29, 1.82) is 0 Å². The molecule has 168 valence electrons. The van der Waals surface area contributed by atoms with E-state index in [9.17, 15) is 19.1 Å². The first-order valence-electron chi connectivity index (χ1n) is 10.2. The Hall–Kier alpha value is -4.13. The highest BCUT2D eigenvalue weighted by molar-refractivity contribution is 6.51. The van der Waals surface area contributed by atoms with Crippen LogP contribution >= 0.6 is 0 Å². The summed E-state index contributed by atoms with van der Waals surface area (Å²) >= 11 is 0. The molecule has 3 aromatic rings. The molecule has 1 saturated heterocycles. The fourth-order valence-corrected chi connectivity index (χ4v) is 4.03. The molecule has 0 bridgehead atoms. The molecule has 4 rings (SSSR count). The number of carbonyl (C=O) groups excluding carboxylic acids is 2. The smallest absolute Gasteiger partial charge is 0.300 e. The quantitative estimate of drug-likeness (QED) is 0.346. The average Bonchev–Trinajstić information content (AvgIpc) is 3.09. The SMILES string of the molecule is COc1cccc(C2/C(=C(\O)c3ccc(OC)c(C)c3)C(=O)C(=O)N2c2cccc(F)c2)c1. The Kier molecular flexibility index (Phi) is 5.87. The number of hydrogen-bond donors (Lipinski definition) is 1. The van der Waals surface area contributed by atoms with Crippen molar-refractivity contribution in [3.63, 3.8) is 0 Å². The van der Waals surface area contributed by atoms with Gasteiger partial charge >= 0.3 is 0 Å². The molecule has 0 spiro atoms. The lowest BCUT2D eigenvalue weighted by Gasteiger charge is -2.25. The van der Waals surface area contributed by atoms with E-state index in [1.165, 1.54) is 37.3 Å². The second kappa shape index (κ2) is 8.78. The van der Waals surface area contributed by atoms with Crippen molar-refractivity contribution in [1.82, 2.24) is 0 Å². The van der Waals surface area contributed by atoms with Crippen LogP contribution in [-0.4, -0.2) is 31.0 Å². The first-order valence-corrected chi connectivity index (χ1v) is 10.2. The number of rotatable bonds is 5. The third-order valence-electron chi connectivity index (χ3n) is 5.61. The van der Waals surface area contributed by atoms with E-state index in [0.29, 0.717) is 22.6 Å². The summed E-state index contributed by atoms with van der Waals surface area (Å²) in [6, 6.07) is 16.2. The van der Waals surface area contributed by atoms with Crippen molar-refractivity contribution >= 4 is 23.1 Å². The third-order valence-corrected chi connectivity index (χ3v) is 5.61. The molecule has 1 N–H and O–H groups in total. The van der Waals surface area contributed by atoms with Gasteiger partial charge in [-0.15, -0.1) is 0 Å². The maximum atomic E-state index is 14.0. The molecular weight excluding hydrogens is 425 g/mol. The van der Waals surface area contributed by atoms with E-state index in [-0.39, 0.29) is 17.0 Å². The number of halogens is 1. The number of aliphatic hydroxyl groups excluding tert-OH is 1. The van der Waals surface area contributed by atoms with Crippen LogP contribution in [0.15, 0.2) is 72.3 Å². The fraction of sp³-hybridized carbons (Fsp3) is 0.154. The van der Waals surface area contributed by atoms with Gasteiger partial charge in [-0.3, -0.25) is 14.5 Å². The molecule has 7 heteroatoms. The van der Waals surface area contributed by atoms with Gasteiger partial charge in [-0.2, -0.15) is 0 Å². The van der Waals surface area contributed by atoms with Crippen molar-refractivity contribution in [3.05, 3.63) is 94.8 Å². The summed E-state index contributed by atoms with van der Waals surface area (Å²) in [6.07, 6.45) is 0. The Balaban J connectivity index is 1.96. The number of hydrogen-bond acceptors (Lipinski definition) is 5. The minimum atomic E-state index is -0.982. The minimum absolute atomic E-state index is 0.0953. The lowest BCUT2D eigenvalue weighted by molar-refractivity contribution is -0.132. The van der Waals surface area contributed by atoms with Crippen molar-refractivity contribution in [3.8, 4) is 11.5 Å². The van der Waals surface area contributed by atoms with E-state index in [1.54, 1.807) is 55.5 Å². The molecule has 1 aliphatic rings. The first kappa shape index (κ1) is 22.1. The van der Waals surface area contributed by atoms with Gasteiger partial charge in [0.1, 0.15) is 23.1 Å². The number of methoxy groups -OCH3 is 2.